The van der Waals surface area contributed by atoms with Gasteiger partial charge in [0.15, 0.2) is 0 Å². The Kier molecular flexibility index (Phi) is 4.36. The van der Waals surface area contributed by atoms with Gasteiger partial charge in [0.05, 0.1) is 0 Å². The minimum Gasteiger partial charge on any atom is -0.480 e. The first-order valence-electron chi connectivity index (χ1n) is 8.48. The van der Waals surface area contributed by atoms with Crippen LogP contribution in [0.25, 0.3) is 0 Å². The Hall–Kier alpha value is -1.26. The number of carbonyl (C=O) groups is 2. The highest BCUT2D eigenvalue weighted by Gasteiger charge is 2.40. The lowest BCUT2D eigenvalue weighted by Crippen LogP contribution is -2.58. The number of carboxylic acids is 1. The normalized spacial score (nSPS) is 33.4. The molecule has 3 fully saturated rings. The summed E-state index contributed by atoms with van der Waals surface area (Å²) in [5.41, 5.74) is 0. The summed E-state index contributed by atoms with van der Waals surface area (Å²) < 4.78 is 0. The molecule has 2 amide bonds. The van der Waals surface area contributed by atoms with Crippen molar-refractivity contribution >= 4 is 12.0 Å². The number of amides is 2. The van der Waals surface area contributed by atoms with Gasteiger partial charge in [0.1, 0.15) is 6.04 Å². The molecule has 1 unspecified atom stereocenters. The summed E-state index contributed by atoms with van der Waals surface area (Å²) in [5, 5.41) is 9.38. The first-order chi connectivity index (χ1) is 10.2. The fraction of sp³-hybridized carbons (Fsp3) is 0.875. The summed E-state index contributed by atoms with van der Waals surface area (Å²) in [4.78, 5) is 28.0. The number of rotatable bonds is 1. The van der Waals surface area contributed by atoms with Gasteiger partial charge in [-0.15, -0.1) is 0 Å². The maximum absolute atomic E-state index is 12.9. The van der Waals surface area contributed by atoms with Crippen molar-refractivity contribution in [2.75, 3.05) is 13.1 Å². The lowest BCUT2D eigenvalue weighted by molar-refractivity contribution is -0.143. The molecule has 0 aromatic carbocycles. The van der Waals surface area contributed by atoms with E-state index in [4.69, 9.17) is 0 Å². The Balaban J connectivity index is 1.74. The van der Waals surface area contributed by atoms with Gasteiger partial charge in [-0.1, -0.05) is 12.8 Å². The fourth-order valence-corrected chi connectivity index (χ4v) is 4.44. The summed E-state index contributed by atoms with van der Waals surface area (Å²) in [6.45, 7) is 1.41. The molecule has 2 heterocycles. The zero-order valence-electron chi connectivity index (χ0n) is 12.7. The van der Waals surface area contributed by atoms with Crippen LogP contribution in [0.5, 0.6) is 0 Å². The van der Waals surface area contributed by atoms with Crippen LogP contribution in [0.2, 0.25) is 0 Å². The zero-order chi connectivity index (χ0) is 14.8. The van der Waals surface area contributed by atoms with Crippen molar-refractivity contribution in [3.05, 3.63) is 0 Å². The van der Waals surface area contributed by atoms with Crippen molar-refractivity contribution in [3.63, 3.8) is 0 Å². The molecule has 3 atom stereocenters. The largest absolute Gasteiger partial charge is 0.480 e. The smallest absolute Gasteiger partial charge is 0.326 e. The number of hydrogen-bond acceptors (Lipinski definition) is 2. The summed E-state index contributed by atoms with van der Waals surface area (Å²) >= 11 is 0. The van der Waals surface area contributed by atoms with Crippen LogP contribution in [0.3, 0.4) is 0 Å². The van der Waals surface area contributed by atoms with Gasteiger partial charge in [-0.05, 0) is 50.9 Å². The monoisotopic (exact) mass is 294 g/mol. The first-order valence-corrected chi connectivity index (χ1v) is 8.48. The molecule has 1 saturated carbocycles. The van der Waals surface area contributed by atoms with E-state index in [1.54, 1.807) is 4.90 Å². The highest BCUT2D eigenvalue weighted by Crippen LogP contribution is 2.36. The second-order valence-electron chi connectivity index (χ2n) is 6.77. The van der Waals surface area contributed by atoms with Crippen LogP contribution in [-0.2, 0) is 4.79 Å². The maximum atomic E-state index is 12.9. The molecule has 1 N–H and O–H groups in total. The van der Waals surface area contributed by atoms with E-state index in [2.05, 4.69) is 0 Å². The topological polar surface area (TPSA) is 60.9 Å². The van der Waals surface area contributed by atoms with E-state index in [0.717, 1.165) is 32.2 Å². The molecule has 1 aliphatic carbocycles. The van der Waals surface area contributed by atoms with Crippen molar-refractivity contribution in [3.8, 4) is 0 Å². The number of fused-ring (bicyclic) bond motifs is 1. The molecular weight excluding hydrogens is 268 g/mol. The summed E-state index contributed by atoms with van der Waals surface area (Å²) in [6.07, 6.45) is 9.55. The predicted molar refractivity (Wildman–Crippen MR) is 79.1 cm³/mol. The Morgan fingerprint density at radius 1 is 0.810 bits per heavy atom. The van der Waals surface area contributed by atoms with Crippen LogP contribution >= 0.6 is 0 Å². The fourth-order valence-electron chi connectivity index (χ4n) is 4.44. The van der Waals surface area contributed by atoms with Gasteiger partial charge in [-0.3, -0.25) is 0 Å². The Labute approximate surface area is 126 Å². The predicted octanol–water partition coefficient (Wildman–Crippen LogP) is 2.70. The van der Waals surface area contributed by atoms with Gasteiger partial charge in [-0.2, -0.15) is 0 Å². The molecule has 5 nitrogen and oxygen atoms in total. The van der Waals surface area contributed by atoms with Crippen molar-refractivity contribution in [2.45, 2.75) is 69.9 Å². The zero-order valence-corrected chi connectivity index (χ0v) is 12.7. The molecule has 0 radical (unpaired) electrons. The molecule has 0 aromatic rings. The van der Waals surface area contributed by atoms with Crippen LogP contribution in [-0.4, -0.2) is 52.1 Å². The molecule has 21 heavy (non-hydrogen) atoms. The van der Waals surface area contributed by atoms with Crippen LogP contribution in [0.1, 0.15) is 57.8 Å². The average molecular weight is 294 g/mol. The van der Waals surface area contributed by atoms with Crippen LogP contribution in [0.4, 0.5) is 4.79 Å². The van der Waals surface area contributed by atoms with Gasteiger partial charge in [0, 0.05) is 19.1 Å². The minimum atomic E-state index is -0.847. The number of aliphatic carboxylic acids is 1. The highest BCUT2D eigenvalue weighted by molar-refractivity contribution is 5.83. The second kappa shape index (κ2) is 6.24. The van der Waals surface area contributed by atoms with Crippen molar-refractivity contribution in [2.24, 2.45) is 5.92 Å². The van der Waals surface area contributed by atoms with Gasteiger partial charge in [0.25, 0.3) is 0 Å². The van der Waals surface area contributed by atoms with E-state index in [1.165, 1.54) is 25.7 Å². The molecule has 2 aliphatic heterocycles. The minimum absolute atomic E-state index is 0.0151. The Bertz CT molecular complexity index is 410. The summed E-state index contributed by atoms with van der Waals surface area (Å²) in [7, 11) is 0. The first kappa shape index (κ1) is 14.7. The molecule has 0 spiro atoms. The number of piperidine rings is 2. The number of likely N-dealkylation sites (tertiary alicyclic amines) is 2. The third kappa shape index (κ3) is 2.87. The standard InChI is InChI=1S/C16H26N2O3/c19-15(20)14-9-3-4-10-18(14)16(21)17-11-5-7-12-6-1-2-8-13(12)17/h12-14H,1-11H2,(H,19,20)/t12-,13-,14?/m1/s1. The van der Waals surface area contributed by atoms with Gasteiger partial charge >= 0.3 is 12.0 Å². The number of hydrogen-bond donors (Lipinski definition) is 1. The maximum Gasteiger partial charge on any atom is 0.326 e. The van der Waals surface area contributed by atoms with Crippen LogP contribution in [0.15, 0.2) is 0 Å². The van der Waals surface area contributed by atoms with E-state index >= 15 is 0 Å². The molecule has 118 valence electrons. The third-order valence-corrected chi connectivity index (χ3v) is 5.52. The SMILES string of the molecule is O=C(O)C1CCCCN1C(=O)N1CCC[C@H]2CCCC[C@H]21. The molecule has 0 aromatic heterocycles. The van der Waals surface area contributed by atoms with E-state index < -0.39 is 12.0 Å². The van der Waals surface area contributed by atoms with Gasteiger partial charge < -0.3 is 14.9 Å². The quantitative estimate of drug-likeness (QED) is 0.809. The summed E-state index contributed by atoms with van der Waals surface area (Å²) in [6, 6.07) is -0.273. The third-order valence-electron chi connectivity index (χ3n) is 5.52. The van der Waals surface area contributed by atoms with Crippen molar-refractivity contribution in [1.29, 1.82) is 0 Å². The number of urea groups is 1. The number of carbonyl (C=O) groups excluding carboxylic acids is 1. The summed E-state index contributed by atoms with van der Waals surface area (Å²) in [5.74, 6) is -0.204. The van der Waals surface area contributed by atoms with E-state index in [0.29, 0.717) is 24.9 Å². The van der Waals surface area contributed by atoms with Crippen LogP contribution < -0.4 is 0 Å². The Morgan fingerprint density at radius 3 is 2.29 bits per heavy atom. The molecule has 3 rings (SSSR count). The van der Waals surface area contributed by atoms with Crippen LogP contribution in [0, 0.1) is 5.92 Å². The van der Waals surface area contributed by atoms with E-state index in [-0.39, 0.29) is 6.03 Å². The molecule has 0 bridgehead atoms. The Morgan fingerprint density at radius 2 is 1.48 bits per heavy atom. The number of nitrogens with zero attached hydrogens (tertiary/aromatic N) is 2. The molecule has 5 heteroatoms. The average Bonchev–Trinajstić information content (AvgIpc) is 2.53. The second-order valence-corrected chi connectivity index (χ2v) is 6.77. The van der Waals surface area contributed by atoms with Gasteiger partial charge in [0.2, 0.25) is 0 Å². The lowest BCUT2D eigenvalue weighted by Gasteiger charge is -2.47. The number of carboxylic acid groups (broad SMARTS) is 1. The van der Waals surface area contributed by atoms with E-state index in [9.17, 15) is 14.7 Å². The van der Waals surface area contributed by atoms with Crippen molar-refractivity contribution < 1.29 is 14.7 Å². The molecule has 3 aliphatic rings. The van der Waals surface area contributed by atoms with E-state index in [1.807, 2.05) is 4.90 Å². The van der Waals surface area contributed by atoms with Gasteiger partial charge in [-0.25, -0.2) is 9.59 Å². The molecule has 2 saturated heterocycles. The lowest BCUT2D eigenvalue weighted by atomic mass is 9.78. The molecular formula is C16H26N2O3. The highest BCUT2D eigenvalue weighted by atomic mass is 16.4. The van der Waals surface area contributed by atoms with Crippen molar-refractivity contribution in [1.82, 2.24) is 9.80 Å².